The van der Waals surface area contributed by atoms with Crippen LogP contribution in [0.4, 0.5) is 8.78 Å². The lowest BCUT2D eigenvalue weighted by Gasteiger charge is -2.52. The van der Waals surface area contributed by atoms with Crippen LogP contribution in [0, 0.1) is 18.6 Å². The van der Waals surface area contributed by atoms with Gasteiger partial charge in [0.05, 0.1) is 18.3 Å². The summed E-state index contributed by atoms with van der Waals surface area (Å²) in [6, 6.07) is 5.91. The Morgan fingerprint density at radius 1 is 1.30 bits per heavy atom. The predicted octanol–water partition coefficient (Wildman–Crippen LogP) is 3.07. The Morgan fingerprint density at radius 2 is 2.07 bits per heavy atom. The predicted molar refractivity (Wildman–Crippen MR) is 106 cm³/mol. The number of carbonyl (C=O) groups is 1. The highest BCUT2D eigenvalue weighted by molar-refractivity contribution is 5.95. The minimum absolute atomic E-state index is 0.0871. The summed E-state index contributed by atoms with van der Waals surface area (Å²) in [4.78, 5) is 18.5. The molecule has 1 N–H and O–H groups in total. The fraction of sp³-hybridized carbons (Fsp3) is 0.364. The molecule has 6 nitrogen and oxygen atoms in total. The highest BCUT2D eigenvalue weighted by Gasteiger charge is 2.43. The molecular weight excluding hydrogens is 392 g/mol. The highest BCUT2D eigenvalue weighted by Crippen LogP contribution is 2.39. The second kappa shape index (κ2) is 7.14. The van der Waals surface area contributed by atoms with E-state index >= 15 is 8.78 Å². The Labute approximate surface area is 171 Å². The summed E-state index contributed by atoms with van der Waals surface area (Å²) in [7, 11) is 1.41. The summed E-state index contributed by atoms with van der Waals surface area (Å²) in [5.41, 5.74) is 1.42. The zero-order valence-corrected chi connectivity index (χ0v) is 16.7. The molecule has 2 saturated heterocycles. The van der Waals surface area contributed by atoms with Crippen LogP contribution in [0.25, 0.3) is 22.4 Å². The third kappa shape index (κ3) is 2.98. The van der Waals surface area contributed by atoms with Gasteiger partial charge in [-0.3, -0.25) is 9.69 Å². The van der Waals surface area contributed by atoms with Gasteiger partial charge in [0.15, 0.2) is 0 Å². The number of carbonyl (C=O) groups excluding carboxylic acids is 1. The number of morpholine rings is 2. The number of nitrogens with one attached hydrogen (secondary N) is 1. The number of furan rings is 1. The number of hydrogen-bond acceptors (Lipinski definition) is 5. The monoisotopic (exact) mass is 413 g/mol. The second-order valence-corrected chi connectivity index (χ2v) is 7.78. The molecule has 2 aliphatic heterocycles. The molecule has 30 heavy (non-hydrogen) atoms. The average Bonchev–Trinajstić information content (AvgIpc) is 3.08. The Kier molecular flexibility index (Phi) is 4.56. The lowest BCUT2D eigenvalue weighted by atomic mass is 9.88. The number of aromatic nitrogens is 1. The van der Waals surface area contributed by atoms with E-state index in [1.54, 1.807) is 0 Å². The fourth-order valence-corrected chi connectivity index (χ4v) is 4.39. The Balaban J connectivity index is 1.64. The van der Waals surface area contributed by atoms with E-state index in [-0.39, 0.29) is 29.0 Å². The van der Waals surface area contributed by atoms with Crippen LogP contribution < -0.4 is 5.32 Å². The van der Waals surface area contributed by atoms with Crippen molar-refractivity contribution in [2.45, 2.75) is 25.5 Å². The van der Waals surface area contributed by atoms with E-state index < -0.39 is 17.5 Å². The van der Waals surface area contributed by atoms with E-state index in [9.17, 15) is 4.79 Å². The van der Waals surface area contributed by atoms with Gasteiger partial charge in [-0.25, -0.2) is 13.8 Å². The number of fused-ring (bicyclic) bond motifs is 3. The lowest BCUT2D eigenvalue weighted by molar-refractivity contribution is -0.159. The first-order valence-corrected chi connectivity index (χ1v) is 9.92. The van der Waals surface area contributed by atoms with Gasteiger partial charge in [-0.1, -0.05) is 0 Å². The van der Waals surface area contributed by atoms with E-state index in [1.807, 2.05) is 19.1 Å². The normalized spacial score (nSPS) is 22.7. The van der Waals surface area contributed by atoms with Crippen molar-refractivity contribution in [3.8, 4) is 11.3 Å². The molecule has 0 radical (unpaired) electrons. The van der Waals surface area contributed by atoms with Crippen LogP contribution in [0.5, 0.6) is 0 Å². The smallest absolute Gasteiger partial charge is 0.251 e. The average molecular weight is 413 g/mol. The number of hydrogen-bond donors (Lipinski definition) is 1. The molecule has 4 heterocycles. The van der Waals surface area contributed by atoms with Gasteiger partial charge in [0.25, 0.3) is 5.91 Å². The SMILES string of the molecule is CNC(=O)c1cc(F)c(-c2oc3nc(C)ccc3c2C[C@H]2[C@@H]3CN2CCO3)c(F)c1. The van der Waals surface area contributed by atoms with Gasteiger partial charge in [0.2, 0.25) is 5.71 Å². The van der Waals surface area contributed by atoms with Crippen molar-refractivity contribution in [3.05, 3.63) is 52.7 Å². The molecule has 0 saturated carbocycles. The molecule has 0 spiro atoms. The van der Waals surface area contributed by atoms with Gasteiger partial charge in [-0.15, -0.1) is 0 Å². The minimum Gasteiger partial charge on any atom is -0.437 e. The van der Waals surface area contributed by atoms with Crippen LogP contribution in [0.3, 0.4) is 0 Å². The molecule has 2 aromatic heterocycles. The van der Waals surface area contributed by atoms with E-state index in [4.69, 9.17) is 9.15 Å². The van der Waals surface area contributed by atoms with Crippen LogP contribution >= 0.6 is 0 Å². The quantitative estimate of drug-likeness (QED) is 0.712. The van der Waals surface area contributed by atoms with E-state index in [0.717, 1.165) is 36.3 Å². The van der Waals surface area contributed by atoms with Crippen molar-refractivity contribution < 1.29 is 22.7 Å². The molecule has 1 aromatic carbocycles. The molecule has 2 bridgehead atoms. The largest absolute Gasteiger partial charge is 0.437 e. The maximum absolute atomic E-state index is 15.0. The minimum atomic E-state index is -0.851. The zero-order chi connectivity index (χ0) is 21.0. The molecule has 0 aliphatic carbocycles. The summed E-state index contributed by atoms with van der Waals surface area (Å²) in [5, 5.41) is 3.11. The number of halogens is 2. The number of benzene rings is 1. The van der Waals surface area contributed by atoms with E-state index in [1.165, 1.54) is 7.05 Å². The summed E-state index contributed by atoms with van der Waals surface area (Å²) in [5.74, 6) is -2.14. The van der Waals surface area contributed by atoms with Gasteiger partial charge in [-0.05, 0) is 37.6 Å². The maximum atomic E-state index is 15.0. The van der Waals surface area contributed by atoms with Crippen molar-refractivity contribution in [1.29, 1.82) is 0 Å². The maximum Gasteiger partial charge on any atom is 0.251 e. The second-order valence-electron chi connectivity index (χ2n) is 7.78. The van der Waals surface area contributed by atoms with Gasteiger partial charge in [-0.2, -0.15) is 0 Å². The van der Waals surface area contributed by atoms with Crippen LogP contribution in [0.2, 0.25) is 0 Å². The number of amides is 1. The van der Waals surface area contributed by atoms with Gasteiger partial charge >= 0.3 is 0 Å². The molecule has 1 amide bonds. The lowest BCUT2D eigenvalue weighted by Crippen LogP contribution is -2.66. The van der Waals surface area contributed by atoms with Crippen molar-refractivity contribution in [3.63, 3.8) is 0 Å². The van der Waals surface area contributed by atoms with Crippen molar-refractivity contribution in [2.24, 2.45) is 0 Å². The molecule has 156 valence electrons. The van der Waals surface area contributed by atoms with Crippen molar-refractivity contribution in [2.75, 3.05) is 26.7 Å². The van der Waals surface area contributed by atoms with Gasteiger partial charge in [0, 0.05) is 48.4 Å². The number of ether oxygens (including phenoxy) is 1. The third-order valence-electron chi connectivity index (χ3n) is 5.99. The van der Waals surface area contributed by atoms with Gasteiger partial charge in [0.1, 0.15) is 17.4 Å². The standard InChI is InChI=1S/C22H21F2N3O3/c1-11-3-4-13-14(9-17-18-10-27(17)5-6-29-18)20(30-22(13)26-11)19-15(23)7-12(8-16(19)24)21(28)25-2/h3-4,7-8,17-18H,5-6,9-10H2,1-2H3,(H,25,28)/t17-,18-/m0/s1. The molecule has 3 atom stereocenters. The first-order valence-electron chi connectivity index (χ1n) is 9.92. The fourth-order valence-electron chi connectivity index (χ4n) is 4.39. The highest BCUT2D eigenvalue weighted by atomic mass is 19.1. The summed E-state index contributed by atoms with van der Waals surface area (Å²) in [6.07, 6.45) is 0.647. The topological polar surface area (TPSA) is 67.6 Å². The summed E-state index contributed by atoms with van der Waals surface area (Å²) in [6.45, 7) is 4.24. The Morgan fingerprint density at radius 3 is 2.70 bits per heavy atom. The van der Waals surface area contributed by atoms with Crippen molar-refractivity contribution >= 4 is 17.0 Å². The number of pyridine rings is 1. The first-order chi connectivity index (χ1) is 14.5. The number of nitrogens with zero attached hydrogens (tertiary/aromatic N) is 2. The zero-order valence-electron chi connectivity index (χ0n) is 16.7. The molecule has 8 heteroatoms. The van der Waals surface area contributed by atoms with Gasteiger partial charge < -0.3 is 14.5 Å². The Bertz CT molecular complexity index is 1120. The van der Waals surface area contributed by atoms with Crippen LogP contribution in [0.15, 0.2) is 28.7 Å². The molecule has 2 fully saturated rings. The molecule has 3 aromatic rings. The Hall–Kier alpha value is -2.84. The number of aryl methyl sites for hydroxylation is 1. The third-order valence-corrected chi connectivity index (χ3v) is 5.99. The summed E-state index contributed by atoms with van der Waals surface area (Å²) < 4.78 is 41.7. The molecule has 2 aliphatic rings. The number of rotatable bonds is 4. The van der Waals surface area contributed by atoms with Crippen LogP contribution in [-0.2, 0) is 11.2 Å². The van der Waals surface area contributed by atoms with Crippen LogP contribution in [-0.4, -0.2) is 54.7 Å². The van der Waals surface area contributed by atoms with Crippen LogP contribution in [0.1, 0.15) is 21.6 Å². The molecule has 5 rings (SSSR count). The molecular formula is C22H21F2N3O3. The first kappa shape index (κ1) is 19.1. The molecule has 1 unspecified atom stereocenters. The van der Waals surface area contributed by atoms with E-state index in [0.29, 0.717) is 24.3 Å². The summed E-state index contributed by atoms with van der Waals surface area (Å²) >= 11 is 0. The van der Waals surface area contributed by atoms with E-state index in [2.05, 4.69) is 15.2 Å². The van der Waals surface area contributed by atoms with Crippen molar-refractivity contribution in [1.82, 2.24) is 15.2 Å².